The summed E-state index contributed by atoms with van der Waals surface area (Å²) in [4.78, 5) is 11.7. The zero-order valence-electron chi connectivity index (χ0n) is 12.6. The second-order valence-corrected chi connectivity index (χ2v) is 7.37. The number of carbonyl (C=O) groups excluding carboxylic acids is 1. The van der Waals surface area contributed by atoms with E-state index in [1.165, 1.54) is 0 Å². The molecule has 0 bridgehead atoms. The summed E-state index contributed by atoms with van der Waals surface area (Å²) in [6, 6.07) is 3.03. The fourth-order valence-corrected chi connectivity index (χ4v) is 3.12. The zero-order valence-corrected chi connectivity index (χ0v) is 14.1. The first-order chi connectivity index (χ1) is 11.7. The Hall–Kier alpha value is -1.69. The Balaban J connectivity index is 2.31. The average molecular weight is 426 g/mol. The number of benzene rings is 1. The van der Waals surface area contributed by atoms with Crippen LogP contribution in [0.25, 0.3) is 0 Å². The van der Waals surface area contributed by atoms with E-state index in [9.17, 15) is 39.6 Å². The first-order valence-corrected chi connectivity index (χ1v) is 8.67. The standard InChI is InChI=1S/C13H10ClF6NO4S/c14-8-1-2-10(25-26(23,24)13(18,19)20)9(5-8)7-3-4-21(6-7)11(22)12(15,16)17/h1-2,5,7H,3-4,6H2. The van der Waals surface area contributed by atoms with Crippen LogP contribution in [0.2, 0.25) is 5.02 Å². The average Bonchev–Trinajstić information content (AvgIpc) is 2.95. The molecular formula is C13H10ClF6NO4S. The van der Waals surface area contributed by atoms with Gasteiger partial charge >= 0.3 is 27.7 Å². The second-order valence-electron chi connectivity index (χ2n) is 5.40. The molecule has 1 amide bonds. The van der Waals surface area contributed by atoms with Crippen molar-refractivity contribution in [1.29, 1.82) is 0 Å². The van der Waals surface area contributed by atoms with Gasteiger partial charge in [-0.3, -0.25) is 4.79 Å². The Kier molecular flexibility index (Phi) is 5.39. The molecular weight excluding hydrogens is 416 g/mol. The van der Waals surface area contributed by atoms with Crippen LogP contribution in [0, 0.1) is 0 Å². The molecule has 146 valence electrons. The highest BCUT2D eigenvalue weighted by molar-refractivity contribution is 7.88. The van der Waals surface area contributed by atoms with Crippen LogP contribution in [-0.4, -0.2) is 44.0 Å². The summed E-state index contributed by atoms with van der Waals surface area (Å²) in [6.07, 6.45) is -5.13. The highest BCUT2D eigenvalue weighted by Crippen LogP contribution is 2.38. The summed E-state index contributed by atoms with van der Waals surface area (Å²) >= 11 is 5.74. The molecule has 1 unspecified atom stereocenters. The molecule has 1 fully saturated rings. The fourth-order valence-electron chi connectivity index (χ4n) is 2.46. The maximum Gasteiger partial charge on any atom is 0.534 e. The quantitative estimate of drug-likeness (QED) is 0.423. The monoisotopic (exact) mass is 425 g/mol. The smallest absolute Gasteiger partial charge is 0.376 e. The predicted octanol–water partition coefficient (Wildman–Crippen LogP) is 3.45. The summed E-state index contributed by atoms with van der Waals surface area (Å²) in [5.41, 5.74) is -5.82. The van der Waals surface area contributed by atoms with Gasteiger partial charge in [0.2, 0.25) is 0 Å². The third-order valence-corrected chi connectivity index (χ3v) is 4.81. The van der Waals surface area contributed by atoms with Crippen LogP contribution in [-0.2, 0) is 14.9 Å². The molecule has 0 aromatic heterocycles. The molecule has 0 aliphatic carbocycles. The highest BCUT2D eigenvalue weighted by atomic mass is 35.5. The number of hydrogen-bond donors (Lipinski definition) is 0. The number of hydrogen-bond acceptors (Lipinski definition) is 4. The van der Waals surface area contributed by atoms with Gasteiger partial charge in [-0.15, -0.1) is 0 Å². The van der Waals surface area contributed by atoms with E-state index in [0.717, 1.165) is 18.2 Å². The molecule has 0 radical (unpaired) electrons. The van der Waals surface area contributed by atoms with Crippen LogP contribution in [0.4, 0.5) is 26.3 Å². The Bertz CT molecular complexity index is 808. The molecule has 1 aromatic carbocycles. The molecule has 1 aliphatic heterocycles. The topological polar surface area (TPSA) is 63.7 Å². The van der Waals surface area contributed by atoms with E-state index in [1.54, 1.807) is 0 Å². The number of rotatable bonds is 3. The summed E-state index contributed by atoms with van der Waals surface area (Å²) in [5.74, 6) is -3.68. The summed E-state index contributed by atoms with van der Waals surface area (Å²) in [7, 11) is -5.97. The lowest BCUT2D eigenvalue weighted by Gasteiger charge is -2.19. The zero-order chi connectivity index (χ0) is 19.9. The van der Waals surface area contributed by atoms with Crippen molar-refractivity contribution in [1.82, 2.24) is 4.90 Å². The highest BCUT2D eigenvalue weighted by Gasteiger charge is 2.49. The van der Waals surface area contributed by atoms with Gasteiger partial charge in [0, 0.05) is 29.6 Å². The van der Waals surface area contributed by atoms with Crippen LogP contribution in [0.5, 0.6) is 5.75 Å². The van der Waals surface area contributed by atoms with E-state index >= 15 is 0 Å². The molecule has 0 N–H and O–H groups in total. The van der Waals surface area contributed by atoms with Crippen molar-refractivity contribution in [3.8, 4) is 5.75 Å². The van der Waals surface area contributed by atoms with Crippen LogP contribution in [0.15, 0.2) is 18.2 Å². The summed E-state index contributed by atoms with van der Waals surface area (Å²) in [6.45, 7) is -0.776. The molecule has 13 heteroatoms. The van der Waals surface area contributed by atoms with Crippen molar-refractivity contribution in [2.45, 2.75) is 24.0 Å². The number of alkyl halides is 6. The van der Waals surface area contributed by atoms with Gasteiger partial charge < -0.3 is 9.08 Å². The Morgan fingerprint density at radius 3 is 2.35 bits per heavy atom. The summed E-state index contributed by atoms with van der Waals surface area (Å²) < 4.78 is 101. The van der Waals surface area contributed by atoms with Crippen molar-refractivity contribution in [2.75, 3.05) is 13.1 Å². The van der Waals surface area contributed by atoms with E-state index in [4.69, 9.17) is 11.6 Å². The van der Waals surface area contributed by atoms with Crippen LogP contribution >= 0.6 is 11.6 Å². The van der Waals surface area contributed by atoms with Crippen LogP contribution in [0.3, 0.4) is 0 Å². The minimum atomic E-state index is -5.97. The van der Waals surface area contributed by atoms with Gasteiger partial charge in [0.05, 0.1) is 0 Å². The molecule has 0 saturated carbocycles. The Morgan fingerprint density at radius 2 is 1.81 bits per heavy atom. The largest absolute Gasteiger partial charge is 0.534 e. The van der Waals surface area contributed by atoms with E-state index in [-0.39, 0.29) is 23.6 Å². The van der Waals surface area contributed by atoms with Gasteiger partial charge in [0.1, 0.15) is 5.75 Å². The minimum absolute atomic E-state index is 0.0114. The normalized spacial score (nSPS) is 18.9. The van der Waals surface area contributed by atoms with Gasteiger partial charge in [0.25, 0.3) is 0 Å². The van der Waals surface area contributed by atoms with Crippen molar-refractivity contribution >= 4 is 27.6 Å². The first-order valence-electron chi connectivity index (χ1n) is 6.88. The number of likely N-dealkylation sites (tertiary alicyclic amines) is 1. The second kappa shape index (κ2) is 6.80. The SMILES string of the molecule is O=C(N1CCC(c2cc(Cl)ccc2OS(=O)(=O)C(F)(F)F)C1)C(F)(F)F. The van der Waals surface area contributed by atoms with Crippen LogP contribution < -0.4 is 4.18 Å². The van der Waals surface area contributed by atoms with Crippen molar-refractivity contribution < 1.29 is 43.7 Å². The van der Waals surface area contributed by atoms with Gasteiger partial charge in [-0.1, -0.05) is 11.6 Å². The summed E-state index contributed by atoms with van der Waals surface area (Å²) in [5, 5.41) is 0.0114. The third-order valence-electron chi connectivity index (χ3n) is 3.61. The maximum absolute atomic E-state index is 12.5. The van der Waals surface area contributed by atoms with Gasteiger partial charge in [-0.25, -0.2) is 0 Å². The van der Waals surface area contributed by atoms with Crippen molar-refractivity contribution in [3.63, 3.8) is 0 Å². The number of carbonyl (C=O) groups is 1. The van der Waals surface area contributed by atoms with Gasteiger partial charge in [-0.05, 0) is 24.6 Å². The van der Waals surface area contributed by atoms with E-state index < -0.39 is 45.9 Å². The maximum atomic E-state index is 12.5. The van der Waals surface area contributed by atoms with Crippen molar-refractivity contribution in [2.24, 2.45) is 0 Å². The van der Waals surface area contributed by atoms with Gasteiger partial charge in [0.15, 0.2) is 0 Å². The molecule has 2 rings (SSSR count). The molecule has 1 aromatic rings. The minimum Gasteiger partial charge on any atom is -0.376 e. The number of halogens is 7. The van der Waals surface area contributed by atoms with E-state index in [2.05, 4.69) is 4.18 Å². The Labute approximate surface area is 148 Å². The van der Waals surface area contributed by atoms with E-state index in [1.807, 2.05) is 0 Å². The lowest BCUT2D eigenvalue weighted by molar-refractivity contribution is -0.184. The lowest BCUT2D eigenvalue weighted by Crippen LogP contribution is -2.39. The Morgan fingerprint density at radius 1 is 1.19 bits per heavy atom. The molecule has 0 spiro atoms. The van der Waals surface area contributed by atoms with E-state index in [0.29, 0.717) is 4.90 Å². The molecule has 1 aliphatic rings. The molecule has 26 heavy (non-hydrogen) atoms. The molecule has 1 atom stereocenters. The van der Waals surface area contributed by atoms with Gasteiger partial charge in [-0.2, -0.15) is 34.8 Å². The molecule has 5 nitrogen and oxygen atoms in total. The third kappa shape index (κ3) is 4.34. The molecule has 1 saturated heterocycles. The predicted molar refractivity (Wildman–Crippen MR) is 77.0 cm³/mol. The molecule has 1 heterocycles. The van der Waals surface area contributed by atoms with Crippen molar-refractivity contribution in [3.05, 3.63) is 28.8 Å². The fraction of sp³-hybridized carbons (Fsp3) is 0.462. The first kappa shape index (κ1) is 20.6. The number of nitrogens with zero attached hydrogens (tertiary/aromatic N) is 1. The number of amides is 1. The lowest BCUT2D eigenvalue weighted by atomic mass is 9.97. The van der Waals surface area contributed by atoms with Crippen LogP contribution in [0.1, 0.15) is 17.9 Å².